The Kier molecular flexibility index (Phi) is 5.77. The van der Waals surface area contributed by atoms with Gasteiger partial charge in [0.25, 0.3) is 0 Å². The SMILES string of the molecule is CC(C)C(C)(CBr)OC(=O)NC1CCCCC1. The number of rotatable bonds is 4. The number of alkyl halides is 1. The van der Waals surface area contributed by atoms with E-state index >= 15 is 0 Å². The minimum atomic E-state index is -0.432. The van der Waals surface area contributed by atoms with Crippen LogP contribution in [0.15, 0.2) is 0 Å². The number of ether oxygens (including phenoxy) is 1. The first-order valence-corrected chi connectivity index (χ1v) is 7.65. The van der Waals surface area contributed by atoms with Gasteiger partial charge < -0.3 is 10.1 Å². The van der Waals surface area contributed by atoms with Crippen LogP contribution in [0, 0.1) is 5.92 Å². The molecule has 1 unspecified atom stereocenters. The fourth-order valence-electron chi connectivity index (χ4n) is 1.95. The number of carbonyl (C=O) groups excluding carboxylic acids is 1. The van der Waals surface area contributed by atoms with Crippen molar-refractivity contribution in [3.63, 3.8) is 0 Å². The molecule has 3 nitrogen and oxygen atoms in total. The Morgan fingerprint density at radius 2 is 2.00 bits per heavy atom. The molecule has 17 heavy (non-hydrogen) atoms. The molecule has 0 aromatic heterocycles. The molecule has 100 valence electrons. The third-order valence-corrected chi connectivity index (χ3v) is 4.85. The van der Waals surface area contributed by atoms with Gasteiger partial charge in [0.15, 0.2) is 0 Å². The average molecular weight is 306 g/mol. The molecule has 0 bridgehead atoms. The van der Waals surface area contributed by atoms with Crippen molar-refractivity contribution in [3.05, 3.63) is 0 Å². The van der Waals surface area contributed by atoms with Crippen molar-refractivity contribution in [3.8, 4) is 0 Å². The second-order valence-corrected chi connectivity index (χ2v) is 6.03. The Balaban J connectivity index is 2.42. The molecular weight excluding hydrogens is 282 g/mol. The smallest absolute Gasteiger partial charge is 0.407 e. The summed E-state index contributed by atoms with van der Waals surface area (Å²) in [6.07, 6.45) is 5.62. The van der Waals surface area contributed by atoms with Gasteiger partial charge >= 0.3 is 6.09 Å². The van der Waals surface area contributed by atoms with Crippen LogP contribution in [-0.2, 0) is 4.74 Å². The van der Waals surface area contributed by atoms with E-state index in [1.807, 2.05) is 6.92 Å². The molecule has 0 aromatic carbocycles. The molecule has 0 spiro atoms. The Labute approximate surface area is 113 Å². The van der Waals surface area contributed by atoms with Crippen LogP contribution in [-0.4, -0.2) is 23.1 Å². The number of amides is 1. The maximum atomic E-state index is 11.8. The monoisotopic (exact) mass is 305 g/mol. The van der Waals surface area contributed by atoms with Gasteiger partial charge in [0, 0.05) is 11.4 Å². The summed E-state index contributed by atoms with van der Waals surface area (Å²) in [5.74, 6) is 0.291. The van der Waals surface area contributed by atoms with Gasteiger partial charge in [0.05, 0.1) is 0 Å². The van der Waals surface area contributed by atoms with E-state index in [1.165, 1.54) is 19.3 Å². The summed E-state index contributed by atoms with van der Waals surface area (Å²) >= 11 is 3.42. The summed E-state index contributed by atoms with van der Waals surface area (Å²) in [5.41, 5.74) is -0.432. The van der Waals surface area contributed by atoms with E-state index in [9.17, 15) is 4.79 Å². The first-order valence-electron chi connectivity index (χ1n) is 6.53. The van der Waals surface area contributed by atoms with Crippen molar-refractivity contribution in [1.29, 1.82) is 0 Å². The summed E-state index contributed by atoms with van der Waals surface area (Å²) in [7, 11) is 0. The molecule has 1 fully saturated rings. The second kappa shape index (κ2) is 6.62. The number of hydrogen-bond donors (Lipinski definition) is 1. The fraction of sp³-hybridized carbons (Fsp3) is 0.923. The van der Waals surface area contributed by atoms with Crippen molar-refractivity contribution in [1.82, 2.24) is 5.32 Å². The summed E-state index contributed by atoms with van der Waals surface area (Å²) in [4.78, 5) is 11.8. The number of nitrogens with one attached hydrogen (secondary N) is 1. The third-order valence-electron chi connectivity index (χ3n) is 3.74. The van der Waals surface area contributed by atoms with Crippen LogP contribution in [0.5, 0.6) is 0 Å². The molecule has 0 heterocycles. The van der Waals surface area contributed by atoms with Crippen LogP contribution in [0.1, 0.15) is 52.9 Å². The first-order chi connectivity index (χ1) is 7.98. The molecule has 0 radical (unpaired) electrons. The lowest BCUT2D eigenvalue weighted by atomic mass is 9.94. The number of halogens is 1. The second-order valence-electron chi connectivity index (χ2n) is 5.47. The molecule has 0 saturated heterocycles. The lowest BCUT2D eigenvalue weighted by molar-refractivity contribution is 0.00762. The molecule has 1 amide bonds. The zero-order valence-electron chi connectivity index (χ0n) is 11.1. The van der Waals surface area contributed by atoms with Crippen LogP contribution < -0.4 is 5.32 Å². The predicted molar refractivity (Wildman–Crippen MR) is 73.5 cm³/mol. The van der Waals surface area contributed by atoms with Gasteiger partial charge in [0.2, 0.25) is 0 Å². The van der Waals surface area contributed by atoms with Gasteiger partial charge in [0.1, 0.15) is 5.60 Å². The van der Waals surface area contributed by atoms with Crippen molar-refractivity contribution in [2.75, 3.05) is 5.33 Å². The largest absolute Gasteiger partial charge is 0.442 e. The van der Waals surface area contributed by atoms with Crippen molar-refractivity contribution in [2.45, 2.75) is 64.5 Å². The van der Waals surface area contributed by atoms with E-state index in [1.54, 1.807) is 0 Å². The quantitative estimate of drug-likeness (QED) is 0.801. The minimum Gasteiger partial charge on any atom is -0.442 e. The summed E-state index contributed by atoms with van der Waals surface area (Å²) in [6, 6.07) is 0.308. The van der Waals surface area contributed by atoms with Gasteiger partial charge in [-0.3, -0.25) is 0 Å². The Hall–Kier alpha value is -0.250. The predicted octanol–water partition coefficient (Wildman–Crippen LogP) is 3.85. The van der Waals surface area contributed by atoms with Crippen molar-refractivity contribution in [2.24, 2.45) is 5.92 Å². The summed E-state index contributed by atoms with van der Waals surface area (Å²) in [6.45, 7) is 6.09. The van der Waals surface area contributed by atoms with Crippen LogP contribution in [0.2, 0.25) is 0 Å². The van der Waals surface area contributed by atoms with Crippen molar-refractivity contribution < 1.29 is 9.53 Å². The summed E-state index contributed by atoms with van der Waals surface area (Å²) < 4.78 is 5.55. The highest BCUT2D eigenvalue weighted by Crippen LogP contribution is 2.24. The highest BCUT2D eigenvalue weighted by atomic mass is 79.9. The molecule has 4 heteroatoms. The number of carbonyl (C=O) groups is 1. The highest BCUT2D eigenvalue weighted by molar-refractivity contribution is 9.09. The standard InChI is InChI=1S/C13H24BrNO2/c1-10(2)13(3,9-14)17-12(16)15-11-7-5-4-6-8-11/h10-11H,4-9H2,1-3H3,(H,15,16). The molecular formula is C13H24BrNO2. The van der Waals surface area contributed by atoms with Gasteiger partial charge in [-0.1, -0.05) is 49.0 Å². The maximum absolute atomic E-state index is 11.8. The van der Waals surface area contributed by atoms with E-state index in [0.29, 0.717) is 17.3 Å². The third kappa shape index (κ3) is 4.49. The van der Waals surface area contributed by atoms with Crippen LogP contribution >= 0.6 is 15.9 Å². The van der Waals surface area contributed by atoms with E-state index in [2.05, 4.69) is 35.1 Å². The van der Waals surface area contributed by atoms with Crippen molar-refractivity contribution >= 4 is 22.0 Å². The molecule has 1 aliphatic carbocycles. The van der Waals surface area contributed by atoms with E-state index in [0.717, 1.165) is 12.8 Å². The first kappa shape index (κ1) is 14.8. The molecule has 0 aromatic rings. The lowest BCUT2D eigenvalue weighted by Gasteiger charge is -2.32. The zero-order valence-corrected chi connectivity index (χ0v) is 12.7. The van der Waals surface area contributed by atoms with E-state index in [4.69, 9.17) is 4.74 Å². The fourth-order valence-corrected chi connectivity index (χ4v) is 2.72. The van der Waals surface area contributed by atoms with Crippen LogP contribution in [0.25, 0.3) is 0 Å². The molecule has 0 aliphatic heterocycles. The van der Waals surface area contributed by atoms with Gasteiger partial charge in [-0.05, 0) is 25.7 Å². The maximum Gasteiger partial charge on any atom is 0.407 e. The molecule has 1 aliphatic rings. The Bertz CT molecular complexity index is 252. The van der Waals surface area contributed by atoms with Gasteiger partial charge in [-0.2, -0.15) is 0 Å². The molecule has 1 saturated carbocycles. The summed E-state index contributed by atoms with van der Waals surface area (Å²) in [5, 5.41) is 3.64. The zero-order chi connectivity index (χ0) is 12.9. The van der Waals surface area contributed by atoms with Gasteiger partial charge in [-0.15, -0.1) is 0 Å². The van der Waals surface area contributed by atoms with E-state index in [-0.39, 0.29) is 6.09 Å². The Morgan fingerprint density at radius 3 is 2.47 bits per heavy atom. The van der Waals surface area contributed by atoms with E-state index < -0.39 is 5.60 Å². The molecule has 1 atom stereocenters. The Morgan fingerprint density at radius 1 is 1.41 bits per heavy atom. The molecule has 1 rings (SSSR count). The topological polar surface area (TPSA) is 38.3 Å². The van der Waals surface area contributed by atoms with Crippen LogP contribution in [0.4, 0.5) is 4.79 Å². The normalized spacial score (nSPS) is 21.0. The highest BCUT2D eigenvalue weighted by Gasteiger charge is 2.32. The average Bonchev–Trinajstić information content (AvgIpc) is 2.29. The van der Waals surface area contributed by atoms with Gasteiger partial charge in [-0.25, -0.2) is 4.79 Å². The lowest BCUT2D eigenvalue weighted by Crippen LogP contribution is -2.45. The number of hydrogen-bond acceptors (Lipinski definition) is 2. The molecule has 1 N–H and O–H groups in total. The number of alkyl carbamates (subject to hydrolysis) is 1. The van der Waals surface area contributed by atoms with Crippen LogP contribution in [0.3, 0.4) is 0 Å². The minimum absolute atomic E-state index is 0.271.